The van der Waals surface area contributed by atoms with E-state index in [0.29, 0.717) is 18.1 Å². The summed E-state index contributed by atoms with van der Waals surface area (Å²) in [5.41, 5.74) is 3.88. The molecule has 26 heavy (non-hydrogen) atoms. The fraction of sp³-hybridized carbons (Fsp3) is 0.250. The van der Waals surface area contributed by atoms with E-state index in [9.17, 15) is 9.59 Å². The van der Waals surface area contributed by atoms with Crippen LogP contribution in [0, 0.1) is 6.92 Å². The Kier molecular flexibility index (Phi) is 5.68. The van der Waals surface area contributed by atoms with Crippen molar-refractivity contribution in [3.8, 4) is 0 Å². The second-order valence-electron chi connectivity index (χ2n) is 6.23. The molecular weight excluding hydrogens is 350 g/mol. The van der Waals surface area contributed by atoms with Crippen LogP contribution in [0.25, 0.3) is 5.57 Å². The van der Waals surface area contributed by atoms with Crippen LogP contribution in [0.2, 0.25) is 5.02 Å². The van der Waals surface area contributed by atoms with Gasteiger partial charge in [-0.15, -0.1) is 0 Å². The molecule has 0 aliphatic carbocycles. The van der Waals surface area contributed by atoms with Crippen molar-refractivity contribution in [1.82, 2.24) is 15.2 Å². The number of pyridine rings is 1. The number of amides is 2. The highest BCUT2D eigenvalue weighted by Gasteiger charge is 2.19. The standard InChI is InChI=1S/C20H20ClN3O2/c1-14-2-4-15(5-3-14)16-7-10-24(11-8-16)19(25)13-23-20(26)18-12-17(21)6-9-22-18/h2-7,9,12H,8,10-11,13H2,1H3,(H,23,26). The van der Waals surface area contributed by atoms with Crippen LogP contribution >= 0.6 is 11.6 Å². The van der Waals surface area contributed by atoms with Crippen molar-refractivity contribution in [3.05, 3.63) is 70.5 Å². The highest BCUT2D eigenvalue weighted by atomic mass is 35.5. The van der Waals surface area contributed by atoms with Crippen LogP contribution in [0.5, 0.6) is 0 Å². The highest BCUT2D eigenvalue weighted by Crippen LogP contribution is 2.22. The zero-order chi connectivity index (χ0) is 18.5. The van der Waals surface area contributed by atoms with Crippen molar-refractivity contribution in [2.75, 3.05) is 19.6 Å². The van der Waals surface area contributed by atoms with E-state index in [1.165, 1.54) is 29.0 Å². The summed E-state index contributed by atoms with van der Waals surface area (Å²) < 4.78 is 0. The Balaban J connectivity index is 1.53. The third-order valence-electron chi connectivity index (χ3n) is 4.34. The summed E-state index contributed by atoms with van der Waals surface area (Å²) in [6, 6.07) is 11.5. The molecule has 0 fully saturated rings. The van der Waals surface area contributed by atoms with E-state index in [1.807, 2.05) is 0 Å². The second-order valence-corrected chi connectivity index (χ2v) is 6.66. The molecule has 1 aliphatic heterocycles. The van der Waals surface area contributed by atoms with Crippen LogP contribution in [-0.2, 0) is 4.79 Å². The number of hydrogen-bond donors (Lipinski definition) is 1. The van der Waals surface area contributed by atoms with Crippen molar-refractivity contribution >= 4 is 29.0 Å². The summed E-state index contributed by atoms with van der Waals surface area (Å²) in [5, 5.41) is 3.03. The molecule has 0 saturated heterocycles. The van der Waals surface area contributed by atoms with Gasteiger partial charge < -0.3 is 10.2 Å². The van der Waals surface area contributed by atoms with Crippen LogP contribution in [0.4, 0.5) is 0 Å². The summed E-state index contributed by atoms with van der Waals surface area (Å²) in [6.07, 6.45) is 4.34. The van der Waals surface area contributed by atoms with Gasteiger partial charge in [-0.1, -0.05) is 47.5 Å². The molecule has 0 spiro atoms. The molecule has 1 aromatic carbocycles. The van der Waals surface area contributed by atoms with Crippen molar-refractivity contribution < 1.29 is 9.59 Å². The van der Waals surface area contributed by atoms with Crippen LogP contribution < -0.4 is 5.32 Å². The normalized spacial score (nSPS) is 13.9. The number of nitrogens with one attached hydrogen (secondary N) is 1. The lowest BCUT2D eigenvalue weighted by Gasteiger charge is -2.27. The number of benzene rings is 1. The summed E-state index contributed by atoms with van der Waals surface area (Å²) in [7, 11) is 0. The van der Waals surface area contributed by atoms with Crippen molar-refractivity contribution in [1.29, 1.82) is 0 Å². The Labute approximate surface area is 157 Å². The molecule has 3 rings (SSSR count). The van der Waals surface area contributed by atoms with Gasteiger partial charge in [-0.3, -0.25) is 14.6 Å². The minimum Gasteiger partial charge on any atom is -0.342 e. The van der Waals surface area contributed by atoms with Gasteiger partial charge in [-0.05, 0) is 36.6 Å². The average molecular weight is 370 g/mol. The van der Waals surface area contributed by atoms with Crippen LogP contribution in [-0.4, -0.2) is 41.3 Å². The largest absolute Gasteiger partial charge is 0.342 e. The van der Waals surface area contributed by atoms with Gasteiger partial charge in [0.2, 0.25) is 5.91 Å². The first kappa shape index (κ1) is 18.1. The predicted molar refractivity (Wildman–Crippen MR) is 102 cm³/mol. The van der Waals surface area contributed by atoms with Gasteiger partial charge in [0, 0.05) is 24.3 Å². The van der Waals surface area contributed by atoms with Gasteiger partial charge >= 0.3 is 0 Å². The molecule has 0 bridgehead atoms. The quantitative estimate of drug-likeness (QED) is 0.900. The zero-order valence-corrected chi connectivity index (χ0v) is 15.3. The second kappa shape index (κ2) is 8.15. The van der Waals surface area contributed by atoms with Crippen molar-refractivity contribution in [2.45, 2.75) is 13.3 Å². The molecular formula is C20H20ClN3O2. The average Bonchev–Trinajstić information content (AvgIpc) is 2.66. The Morgan fingerprint density at radius 1 is 1.23 bits per heavy atom. The fourth-order valence-corrected chi connectivity index (χ4v) is 2.97. The van der Waals surface area contributed by atoms with Crippen LogP contribution in [0.15, 0.2) is 48.7 Å². The number of rotatable bonds is 4. The molecule has 2 heterocycles. The molecule has 5 nitrogen and oxygen atoms in total. The maximum atomic E-state index is 12.3. The number of nitrogens with zero attached hydrogens (tertiary/aromatic N) is 2. The van der Waals surface area contributed by atoms with Gasteiger partial charge in [0.1, 0.15) is 5.69 Å². The maximum absolute atomic E-state index is 12.3. The summed E-state index contributed by atoms with van der Waals surface area (Å²) in [4.78, 5) is 30.0. The molecule has 1 aromatic heterocycles. The van der Waals surface area contributed by atoms with E-state index in [2.05, 4.69) is 47.6 Å². The molecule has 0 atom stereocenters. The lowest BCUT2D eigenvalue weighted by molar-refractivity contribution is -0.129. The summed E-state index contributed by atoms with van der Waals surface area (Å²) in [6.45, 7) is 3.20. The molecule has 6 heteroatoms. The molecule has 0 radical (unpaired) electrons. The lowest BCUT2D eigenvalue weighted by atomic mass is 9.98. The molecule has 134 valence electrons. The van der Waals surface area contributed by atoms with E-state index < -0.39 is 5.91 Å². The van der Waals surface area contributed by atoms with Crippen LogP contribution in [0.1, 0.15) is 28.0 Å². The van der Waals surface area contributed by atoms with E-state index in [1.54, 1.807) is 11.0 Å². The number of carbonyl (C=O) groups is 2. The highest BCUT2D eigenvalue weighted by molar-refractivity contribution is 6.30. The fourth-order valence-electron chi connectivity index (χ4n) is 2.81. The Hall–Kier alpha value is -2.66. The van der Waals surface area contributed by atoms with Gasteiger partial charge in [0.05, 0.1) is 6.54 Å². The number of halogens is 1. The number of aromatic nitrogens is 1. The first-order valence-corrected chi connectivity index (χ1v) is 8.84. The van der Waals surface area contributed by atoms with Crippen LogP contribution in [0.3, 0.4) is 0 Å². The smallest absolute Gasteiger partial charge is 0.270 e. The third-order valence-corrected chi connectivity index (χ3v) is 4.57. The van der Waals surface area contributed by atoms with E-state index in [4.69, 9.17) is 11.6 Å². The Bertz CT molecular complexity index is 846. The van der Waals surface area contributed by atoms with Gasteiger partial charge in [0.15, 0.2) is 0 Å². The van der Waals surface area contributed by atoms with Gasteiger partial charge in [-0.25, -0.2) is 0 Å². The molecule has 1 aliphatic rings. The minimum atomic E-state index is -0.409. The molecule has 1 N–H and O–H groups in total. The van der Waals surface area contributed by atoms with Crippen molar-refractivity contribution in [2.24, 2.45) is 0 Å². The zero-order valence-electron chi connectivity index (χ0n) is 14.5. The van der Waals surface area contributed by atoms with Gasteiger partial charge in [-0.2, -0.15) is 0 Å². The first-order valence-electron chi connectivity index (χ1n) is 8.46. The van der Waals surface area contributed by atoms with E-state index in [-0.39, 0.29) is 18.1 Å². The monoisotopic (exact) mass is 369 g/mol. The Morgan fingerprint density at radius 2 is 2.00 bits per heavy atom. The Morgan fingerprint density at radius 3 is 2.65 bits per heavy atom. The number of aryl methyl sites for hydroxylation is 1. The lowest BCUT2D eigenvalue weighted by Crippen LogP contribution is -2.42. The predicted octanol–water partition coefficient (Wildman–Crippen LogP) is 3.09. The molecule has 2 amide bonds. The molecule has 2 aromatic rings. The summed E-state index contributed by atoms with van der Waals surface area (Å²) >= 11 is 5.84. The SMILES string of the molecule is Cc1ccc(C2=CCN(C(=O)CNC(=O)c3cc(Cl)ccn3)CC2)cc1. The van der Waals surface area contributed by atoms with E-state index in [0.717, 1.165) is 6.42 Å². The maximum Gasteiger partial charge on any atom is 0.270 e. The topological polar surface area (TPSA) is 62.3 Å². The molecule has 0 unspecified atom stereocenters. The third kappa shape index (κ3) is 4.49. The number of hydrogen-bond acceptors (Lipinski definition) is 3. The van der Waals surface area contributed by atoms with E-state index >= 15 is 0 Å². The number of carbonyl (C=O) groups excluding carboxylic acids is 2. The molecule has 0 saturated carbocycles. The first-order chi connectivity index (χ1) is 12.5. The van der Waals surface area contributed by atoms with Crippen molar-refractivity contribution in [3.63, 3.8) is 0 Å². The summed E-state index contributed by atoms with van der Waals surface area (Å²) in [5.74, 6) is -0.520. The minimum absolute atomic E-state index is 0.0548. The van der Waals surface area contributed by atoms with Gasteiger partial charge in [0.25, 0.3) is 5.91 Å².